The number of hydrogen-bond acceptors (Lipinski definition) is 4. The minimum absolute atomic E-state index is 0.123. The fourth-order valence-electron chi connectivity index (χ4n) is 2.86. The lowest BCUT2D eigenvalue weighted by atomic mass is 9.83. The average Bonchev–Trinajstić information content (AvgIpc) is 2.47. The first-order chi connectivity index (χ1) is 9.92. The zero-order valence-electron chi connectivity index (χ0n) is 12.9. The topological polar surface area (TPSA) is 55.4 Å². The molecular formula is C17H23NO3. The predicted octanol–water partition coefficient (Wildman–Crippen LogP) is 2.82. The van der Waals surface area contributed by atoms with E-state index in [4.69, 9.17) is 4.74 Å². The van der Waals surface area contributed by atoms with Gasteiger partial charge in [-0.3, -0.25) is 4.79 Å². The van der Waals surface area contributed by atoms with Crippen LogP contribution in [0.2, 0.25) is 0 Å². The van der Waals surface area contributed by atoms with Gasteiger partial charge in [0.15, 0.2) is 5.78 Å². The maximum absolute atomic E-state index is 12.4. The summed E-state index contributed by atoms with van der Waals surface area (Å²) < 4.78 is 5.74. The summed E-state index contributed by atoms with van der Waals surface area (Å²) in [4.78, 5) is 24.1. The van der Waals surface area contributed by atoms with Crippen LogP contribution in [0, 0.1) is 5.92 Å². The Bertz CT molecular complexity index is 531. The van der Waals surface area contributed by atoms with Crippen molar-refractivity contribution < 1.29 is 14.3 Å². The Balaban J connectivity index is 2.15. The molecule has 1 saturated heterocycles. The number of hydrogen-bond donors (Lipinski definition) is 1. The van der Waals surface area contributed by atoms with Crippen molar-refractivity contribution in [1.82, 2.24) is 5.32 Å². The number of ketones is 1. The van der Waals surface area contributed by atoms with Gasteiger partial charge in [0.05, 0.1) is 5.56 Å². The number of benzene rings is 1. The molecule has 21 heavy (non-hydrogen) atoms. The van der Waals surface area contributed by atoms with E-state index in [9.17, 15) is 9.59 Å². The highest BCUT2D eigenvalue weighted by Gasteiger charge is 2.34. The van der Waals surface area contributed by atoms with E-state index in [1.807, 2.05) is 13.8 Å². The Kier molecular flexibility index (Phi) is 4.78. The van der Waals surface area contributed by atoms with Crippen LogP contribution < -0.4 is 5.32 Å². The quantitative estimate of drug-likeness (QED) is 0.684. The lowest BCUT2D eigenvalue weighted by molar-refractivity contribution is -0.0369. The van der Waals surface area contributed by atoms with Crippen molar-refractivity contribution in [3.05, 3.63) is 35.4 Å². The zero-order valence-corrected chi connectivity index (χ0v) is 12.9. The van der Waals surface area contributed by atoms with Crippen LogP contribution in [0.4, 0.5) is 0 Å². The SMILES string of the molecule is CC(=O)c1ccccc1C(=O)OC(C)(C)C1CCNCC1. The van der Waals surface area contributed by atoms with Crippen LogP contribution in [0.3, 0.4) is 0 Å². The molecule has 114 valence electrons. The van der Waals surface area contributed by atoms with E-state index in [0.717, 1.165) is 25.9 Å². The molecule has 4 heteroatoms. The molecule has 0 unspecified atom stereocenters. The van der Waals surface area contributed by atoms with Crippen molar-refractivity contribution in [1.29, 1.82) is 0 Å². The number of rotatable bonds is 4. The van der Waals surface area contributed by atoms with Gasteiger partial charge in [-0.1, -0.05) is 18.2 Å². The molecule has 0 saturated carbocycles. The normalized spacial score (nSPS) is 16.5. The van der Waals surface area contributed by atoms with Crippen LogP contribution in [0.5, 0.6) is 0 Å². The van der Waals surface area contributed by atoms with Gasteiger partial charge in [0, 0.05) is 11.5 Å². The third-order valence-electron chi connectivity index (χ3n) is 4.20. The van der Waals surface area contributed by atoms with E-state index < -0.39 is 11.6 Å². The van der Waals surface area contributed by atoms with Crippen molar-refractivity contribution in [2.24, 2.45) is 5.92 Å². The number of Topliss-reactive ketones (excluding diaryl/α,β-unsaturated/α-hetero) is 1. The molecule has 1 aromatic rings. The van der Waals surface area contributed by atoms with Crippen LogP contribution in [-0.4, -0.2) is 30.4 Å². The van der Waals surface area contributed by atoms with E-state index in [1.54, 1.807) is 24.3 Å². The smallest absolute Gasteiger partial charge is 0.339 e. The summed E-state index contributed by atoms with van der Waals surface area (Å²) in [6.07, 6.45) is 1.99. The van der Waals surface area contributed by atoms with Crippen LogP contribution in [0.25, 0.3) is 0 Å². The summed E-state index contributed by atoms with van der Waals surface area (Å²) >= 11 is 0. The highest BCUT2D eigenvalue weighted by molar-refractivity contribution is 6.05. The van der Waals surface area contributed by atoms with Crippen LogP contribution in [0.15, 0.2) is 24.3 Å². The first kappa shape index (κ1) is 15.7. The maximum Gasteiger partial charge on any atom is 0.339 e. The molecule has 0 spiro atoms. The second-order valence-corrected chi connectivity index (χ2v) is 6.12. The molecule has 1 heterocycles. The summed E-state index contributed by atoms with van der Waals surface area (Å²) in [6, 6.07) is 6.82. The van der Waals surface area contributed by atoms with Crippen molar-refractivity contribution in [2.45, 2.75) is 39.2 Å². The summed E-state index contributed by atoms with van der Waals surface area (Å²) in [6.45, 7) is 7.28. The second kappa shape index (κ2) is 6.39. The zero-order chi connectivity index (χ0) is 15.5. The Morgan fingerprint density at radius 3 is 2.29 bits per heavy atom. The van der Waals surface area contributed by atoms with Crippen molar-refractivity contribution >= 4 is 11.8 Å². The molecular weight excluding hydrogens is 266 g/mol. The summed E-state index contributed by atoms with van der Waals surface area (Å²) in [5.74, 6) is -0.196. The fraction of sp³-hybridized carbons (Fsp3) is 0.529. The summed E-state index contributed by atoms with van der Waals surface area (Å²) in [5, 5.41) is 3.31. The predicted molar refractivity (Wildman–Crippen MR) is 81.5 cm³/mol. The van der Waals surface area contributed by atoms with Gasteiger partial charge in [-0.25, -0.2) is 4.79 Å². The minimum Gasteiger partial charge on any atom is -0.456 e. The number of nitrogens with one attached hydrogen (secondary N) is 1. The van der Waals surface area contributed by atoms with Gasteiger partial charge in [0.1, 0.15) is 5.60 Å². The third-order valence-corrected chi connectivity index (χ3v) is 4.20. The van der Waals surface area contributed by atoms with Gasteiger partial charge in [0.25, 0.3) is 0 Å². The lowest BCUT2D eigenvalue weighted by Crippen LogP contribution is -2.42. The lowest BCUT2D eigenvalue weighted by Gasteiger charge is -2.36. The van der Waals surface area contributed by atoms with E-state index in [2.05, 4.69) is 5.32 Å². The minimum atomic E-state index is -0.525. The number of esters is 1. The molecule has 0 aromatic heterocycles. The first-order valence-corrected chi connectivity index (χ1v) is 7.46. The molecule has 4 nitrogen and oxygen atoms in total. The largest absolute Gasteiger partial charge is 0.456 e. The van der Waals surface area contributed by atoms with Gasteiger partial charge in [0.2, 0.25) is 0 Å². The molecule has 1 aromatic carbocycles. The Morgan fingerprint density at radius 2 is 1.71 bits per heavy atom. The maximum atomic E-state index is 12.4. The standard InChI is InChI=1S/C17H23NO3/c1-12(19)14-6-4-5-7-15(14)16(20)21-17(2,3)13-8-10-18-11-9-13/h4-7,13,18H,8-11H2,1-3H3. The molecule has 0 bridgehead atoms. The molecule has 0 amide bonds. The summed E-state index contributed by atoms with van der Waals surface area (Å²) in [7, 11) is 0. The molecule has 1 fully saturated rings. The first-order valence-electron chi connectivity index (χ1n) is 7.46. The Morgan fingerprint density at radius 1 is 1.14 bits per heavy atom. The highest BCUT2D eigenvalue weighted by Crippen LogP contribution is 2.30. The van der Waals surface area contributed by atoms with Crippen LogP contribution >= 0.6 is 0 Å². The third kappa shape index (κ3) is 3.70. The number of carbonyl (C=O) groups is 2. The van der Waals surface area contributed by atoms with Crippen molar-refractivity contribution in [2.75, 3.05) is 13.1 Å². The Labute approximate surface area is 125 Å². The van der Waals surface area contributed by atoms with E-state index >= 15 is 0 Å². The van der Waals surface area contributed by atoms with Crippen LogP contribution in [0.1, 0.15) is 54.3 Å². The van der Waals surface area contributed by atoms with Crippen molar-refractivity contribution in [3.63, 3.8) is 0 Å². The van der Waals surface area contributed by atoms with E-state index in [-0.39, 0.29) is 5.78 Å². The molecule has 1 N–H and O–H groups in total. The van der Waals surface area contributed by atoms with Gasteiger partial charge in [-0.2, -0.15) is 0 Å². The summed E-state index contributed by atoms with van der Waals surface area (Å²) in [5.41, 5.74) is 0.249. The van der Waals surface area contributed by atoms with Crippen molar-refractivity contribution in [3.8, 4) is 0 Å². The van der Waals surface area contributed by atoms with Crippen LogP contribution in [-0.2, 0) is 4.74 Å². The molecule has 1 aliphatic heterocycles. The number of carbonyl (C=O) groups excluding carboxylic acids is 2. The monoisotopic (exact) mass is 289 g/mol. The molecule has 0 aliphatic carbocycles. The Hall–Kier alpha value is -1.68. The van der Waals surface area contributed by atoms with Gasteiger partial charge >= 0.3 is 5.97 Å². The second-order valence-electron chi connectivity index (χ2n) is 6.12. The molecule has 1 aliphatic rings. The van der Waals surface area contributed by atoms with E-state index in [1.165, 1.54) is 6.92 Å². The van der Waals surface area contributed by atoms with Gasteiger partial charge in [-0.05, 0) is 52.8 Å². The van der Waals surface area contributed by atoms with Gasteiger partial charge in [-0.15, -0.1) is 0 Å². The highest BCUT2D eigenvalue weighted by atomic mass is 16.6. The molecule has 2 rings (SSSR count). The average molecular weight is 289 g/mol. The van der Waals surface area contributed by atoms with E-state index in [0.29, 0.717) is 17.0 Å². The van der Waals surface area contributed by atoms with Gasteiger partial charge < -0.3 is 10.1 Å². The number of ether oxygens (including phenoxy) is 1. The molecule has 0 radical (unpaired) electrons. The number of piperidine rings is 1. The molecule has 0 atom stereocenters. The fourth-order valence-corrected chi connectivity index (χ4v) is 2.86.